The van der Waals surface area contributed by atoms with Crippen LogP contribution in [0.25, 0.3) is 0 Å². The molecule has 22 heavy (non-hydrogen) atoms. The first-order valence-corrected chi connectivity index (χ1v) is 7.63. The minimum atomic E-state index is -1.30. The summed E-state index contributed by atoms with van der Waals surface area (Å²) in [4.78, 5) is 11.2. The highest BCUT2D eigenvalue weighted by Gasteiger charge is 2.45. The van der Waals surface area contributed by atoms with Gasteiger partial charge in [-0.1, -0.05) is 12.8 Å². The van der Waals surface area contributed by atoms with E-state index in [0.717, 1.165) is 25.7 Å². The van der Waals surface area contributed by atoms with Crippen molar-refractivity contribution in [2.75, 3.05) is 19.8 Å². The average Bonchev–Trinajstić information content (AvgIpc) is 2.49. The Hall–Kier alpha value is -0.770. The predicted molar refractivity (Wildman–Crippen MR) is 76.9 cm³/mol. The van der Waals surface area contributed by atoms with Gasteiger partial charge in [-0.15, -0.1) is 0 Å². The van der Waals surface area contributed by atoms with Gasteiger partial charge in [0.25, 0.3) is 0 Å². The van der Waals surface area contributed by atoms with Crippen molar-refractivity contribution in [2.45, 2.75) is 63.3 Å². The first kappa shape index (κ1) is 19.3. The van der Waals surface area contributed by atoms with Crippen molar-refractivity contribution in [1.29, 1.82) is 0 Å². The maximum absolute atomic E-state index is 11.2. The second-order valence-corrected chi connectivity index (χ2v) is 5.44. The quantitative estimate of drug-likeness (QED) is 0.327. The van der Waals surface area contributed by atoms with Crippen molar-refractivity contribution >= 4 is 5.91 Å². The lowest BCUT2D eigenvalue weighted by atomic mass is 9.97. The fraction of sp³-hybridized carbons (Fsp3) is 0.929. The molecule has 0 spiro atoms. The summed E-state index contributed by atoms with van der Waals surface area (Å²) < 4.78 is 11.0. The number of unbranched alkanes of at least 4 members (excludes halogenated alkanes) is 3. The fourth-order valence-electron chi connectivity index (χ4n) is 2.38. The van der Waals surface area contributed by atoms with Gasteiger partial charge in [-0.05, 0) is 12.8 Å². The molecule has 1 fully saturated rings. The Kier molecular flexibility index (Phi) is 8.84. The van der Waals surface area contributed by atoms with E-state index in [9.17, 15) is 20.1 Å². The molecule has 0 aliphatic carbocycles. The van der Waals surface area contributed by atoms with E-state index in [1.54, 1.807) is 0 Å². The third-order valence-corrected chi connectivity index (χ3v) is 3.59. The number of carbonyl (C=O) groups excluding carboxylic acids is 1. The summed E-state index contributed by atoms with van der Waals surface area (Å²) in [5.41, 5.74) is 0. The van der Waals surface area contributed by atoms with Gasteiger partial charge in [0, 0.05) is 20.1 Å². The van der Waals surface area contributed by atoms with E-state index in [2.05, 4.69) is 5.32 Å². The van der Waals surface area contributed by atoms with E-state index in [-0.39, 0.29) is 12.5 Å². The highest BCUT2D eigenvalue weighted by atomic mass is 16.7. The zero-order valence-electron chi connectivity index (χ0n) is 12.9. The van der Waals surface area contributed by atoms with Gasteiger partial charge in [-0.3, -0.25) is 4.79 Å². The molecule has 130 valence electrons. The Morgan fingerprint density at radius 1 is 1.14 bits per heavy atom. The van der Waals surface area contributed by atoms with Crippen LogP contribution >= 0.6 is 0 Å². The lowest BCUT2D eigenvalue weighted by Gasteiger charge is -2.42. The van der Waals surface area contributed by atoms with Crippen molar-refractivity contribution in [3.05, 3.63) is 0 Å². The van der Waals surface area contributed by atoms with Crippen molar-refractivity contribution in [2.24, 2.45) is 0 Å². The van der Waals surface area contributed by atoms with Gasteiger partial charge >= 0.3 is 0 Å². The first-order chi connectivity index (χ1) is 10.5. The van der Waals surface area contributed by atoms with Crippen LogP contribution in [0.3, 0.4) is 0 Å². The minimum Gasteiger partial charge on any atom is -0.396 e. The van der Waals surface area contributed by atoms with Gasteiger partial charge in [-0.25, -0.2) is 0 Å². The summed E-state index contributed by atoms with van der Waals surface area (Å²) in [5, 5.41) is 40.3. The number of amides is 1. The molecule has 3 unspecified atom stereocenters. The molecule has 0 aromatic carbocycles. The summed E-state index contributed by atoms with van der Waals surface area (Å²) in [5.74, 6) is -0.376. The fourth-order valence-corrected chi connectivity index (χ4v) is 2.38. The number of hydrogen-bond donors (Lipinski definition) is 5. The zero-order valence-corrected chi connectivity index (χ0v) is 12.9. The van der Waals surface area contributed by atoms with Crippen LogP contribution in [0.15, 0.2) is 0 Å². The maximum atomic E-state index is 11.2. The van der Waals surface area contributed by atoms with Crippen molar-refractivity contribution < 1.29 is 34.7 Å². The van der Waals surface area contributed by atoms with Crippen LogP contribution in [0.5, 0.6) is 0 Å². The van der Waals surface area contributed by atoms with E-state index in [0.29, 0.717) is 6.61 Å². The summed E-state index contributed by atoms with van der Waals surface area (Å²) in [7, 11) is 0. The van der Waals surface area contributed by atoms with Gasteiger partial charge in [0.1, 0.15) is 24.4 Å². The van der Waals surface area contributed by atoms with Gasteiger partial charge in [0.2, 0.25) is 5.91 Å². The van der Waals surface area contributed by atoms with Gasteiger partial charge < -0.3 is 35.2 Å². The Morgan fingerprint density at radius 3 is 2.41 bits per heavy atom. The van der Waals surface area contributed by atoms with Crippen LogP contribution in [0.4, 0.5) is 0 Å². The molecule has 1 amide bonds. The van der Waals surface area contributed by atoms with E-state index in [4.69, 9.17) is 14.6 Å². The first-order valence-electron chi connectivity index (χ1n) is 7.63. The molecule has 1 saturated heterocycles. The smallest absolute Gasteiger partial charge is 0.217 e. The molecular formula is C14H27NO7. The summed E-state index contributed by atoms with van der Waals surface area (Å²) in [6.07, 6.45) is -1.22. The third kappa shape index (κ3) is 5.79. The van der Waals surface area contributed by atoms with Gasteiger partial charge in [0.05, 0.1) is 6.61 Å². The SMILES string of the molecule is CC(=O)NC1C(O)[C@@H](O)C(CO)O[C@H]1OCCCCCCO. The van der Waals surface area contributed by atoms with Crippen LogP contribution < -0.4 is 5.32 Å². The topological polar surface area (TPSA) is 128 Å². The highest BCUT2D eigenvalue weighted by molar-refractivity contribution is 5.73. The number of carbonyl (C=O) groups is 1. The van der Waals surface area contributed by atoms with Gasteiger partial charge in [-0.2, -0.15) is 0 Å². The summed E-state index contributed by atoms with van der Waals surface area (Å²) >= 11 is 0. The number of ether oxygens (including phenoxy) is 2. The number of aliphatic hydroxyl groups is 4. The second kappa shape index (κ2) is 10.1. The molecule has 8 heteroatoms. The van der Waals surface area contributed by atoms with Crippen LogP contribution in [-0.2, 0) is 14.3 Å². The van der Waals surface area contributed by atoms with Crippen molar-refractivity contribution in [3.8, 4) is 0 Å². The van der Waals surface area contributed by atoms with Crippen molar-refractivity contribution in [1.82, 2.24) is 5.32 Å². The Balaban J connectivity index is 2.52. The number of hydrogen-bond acceptors (Lipinski definition) is 7. The molecule has 0 aromatic heterocycles. The van der Waals surface area contributed by atoms with E-state index in [1.807, 2.05) is 0 Å². The summed E-state index contributed by atoms with van der Waals surface area (Å²) in [6, 6.07) is -0.896. The Morgan fingerprint density at radius 2 is 1.82 bits per heavy atom. The molecule has 1 heterocycles. The molecule has 0 radical (unpaired) electrons. The molecule has 5 atom stereocenters. The molecule has 1 rings (SSSR count). The summed E-state index contributed by atoms with van der Waals surface area (Å²) in [6.45, 7) is 1.36. The Labute approximate surface area is 130 Å². The minimum absolute atomic E-state index is 0.166. The standard InChI is InChI=1S/C14H27NO7/c1-9(18)15-11-13(20)12(19)10(8-17)22-14(11)21-7-5-3-2-4-6-16/h10-14,16-17,19-20H,2-8H2,1H3,(H,15,18)/t10?,11?,12-,13?,14+/m0/s1. The Bertz CT molecular complexity index is 328. The molecular weight excluding hydrogens is 294 g/mol. The van der Waals surface area contributed by atoms with Crippen LogP contribution in [0.1, 0.15) is 32.6 Å². The molecule has 8 nitrogen and oxygen atoms in total. The number of rotatable bonds is 9. The van der Waals surface area contributed by atoms with Crippen LogP contribution in [-0.4, -0.2) is 76.8 Å². The van der Waals surface area contributed by atoms with E-state index < -0.39 is 37.3 Å². The highest BCUT2D eigenvalue weighted by Crippen LogP contribution is 2.22. The molecule has 0 bridgehead atoms. The van der Waals surface area contributed by atoms with Crippen LogP contribution in [0.2, 0.25) is 0 Å². The monoisotopic (exact) mass is 321 g/mol. The third-order valence-electron chi connectivity index (χ3n) is 3.59. The van der Waals surface area contributed by atoms with E-state index >= 15 is 0 Å². The second-order valence-electron chi connectivity index (χ2n) is 5.44. The normalized spacial score (nSPS) is 32.0. The zero-order chi connectivity index (χ0) is 16.5. The lowest BCUT2D eigenvalue weighted by molar-refractivity contribution is -0.270. The van der Waals surface area contributed by atoms with Crippen LogP contribution in [0, 0.1) is 0 Å². The predicted octanol–water partition coefficient (Wildman–Crippen LogP) is -1.50. The largest absolute Gasteiger partial charge is 0.396 e. The molecule has 5 N–H and O–H groups in total. The molecule has 1 aliphatic heterocycles. The molecule has 1 aliphatic rings. The molecule has 0 aromatic rings. The molecule has 0 saturated carbocycles. The number of nitrogens with one attached hydrogen (secondary N) is 1. The van der Waals surface area contributed by atoms with E-state index in [1.165, 1.54) is 6.92 Å². The maximum Gasteiger partial charge on any atom is 0.217 e. The number of aliphatic hydroxyl groups excluding tert-OH is 4. The lowest BCUT2D eigenvalue weighted by Crippen LogP contribution is -2.64. The van der Waals surface area contributed by atoms with Gasteiger partial charge in [0.15, 0.2) is 6.29 Å². The van der Waals surface area contributed by atoms with Crippen molar-refractivity contribution in [3.63, 3.8) is 0 Å². The average molecular weight is 321 g/mol.